The minimum Gasteiger partial charge on any atom is -0.350 e. The van der Waals surface area contributed by atoms with Crippen LogP contribution in [0.2, 0.25) is 5.02 Å². The summed E-state index contributed by atoms with van der Waals surface area (Å²) in [6, 6.07) is 2.73. The molecule has 0 bridgehead atoms. The van der Waals surface area contributed by atoms with Gasteiger partial charge in [-0.1, -0.05) is 25.4 Å². The third-order valence-corrected chi connectivity index (χ3v) is 5.77. The summed E-state index contributed by atoms with van der Waals surface area (Å²) < 4.78 is 13.5. The van der Waals surface area contributed by atoms with Gasteiger partial charge in [0, 0.05) is 25.0 Å². The number of H-pyrrole nitrogens is 1. The maximum absolute atomic E-state index is 13.5. The van der Waals surface area contributed by atoms with Crippen molar-refractivity contribution >= 4 is 28.5 Å². The fraction of sp³-hybridized carbons (Fsp3) is 0.636. The van der Waals surface area contributed by atoms with Crippen molar-refractivity contribution in [2.75, 3.05) is 19.6 Å². The standard InChI is InChI=1S/C20H26ClFN4O.C2H6/c1-19(2,3)25-17(27)9-26-10-20(11-26)7-12(8-20)4-16-23-15-6-13(22)5-14(21)18(15)24-16;1-2/h5-6,12H,4,7-11H2,1-3H3,(H,23,24)(H,25,27);1-2H3. The van der Waals surface area contributed by atoms with Crippen molar-refractivity contribution in [2.45, 2.75) is 59.4 Å². The van der Waals surface area contributed by atoms with Crippen LogP contribution in [0, 0.1) is 17.2 Å². The number of halogens is 2. The number of nitrogens with one attached hydrogen (secondary N) is 2. The van der Waals surface area contributed by atoms with Gasteiger partial charge >= 0.3 is 0 Å². The SMILES string of the molecule is CC.CC(C)(C)NC(=O)CN1CC2(CC(Cc3nc4c(Cl)cc(F)cc4[nH]3)C2)C1. The summed E-state index contributed by atoms with van der Waals surface area (Å²) in [5.74, 6) is 1.20. The summed E-state index contributed by atoms with van der Waals surface area (Å²) in [5.41, 5.74) is 1.49. The number of imidazole rings is 1. The van der Waals surface area contributed by atoms with E-state index in [1.54, 1.807) is 0 Å². The van der Waals surface area contributed by atoms with Crippen LogP contribution < -0.4 is 5.32 Å². The molecule has 2 aliphatic rings. The van der Waals surface area contributed by atoms with Gasteiger partial charge in [0.05, 0.1) is 17.1 Å². The van der Waals surface area contributed by atoms with Crippen molar-refractivity contribution in [1.29, 1.82) is 0 Å². The molecule has 0 unspecified atom stereocenters. The maximum atomic E-state index is 13.5. The minimum absolute atomic E-state index is 0.0969. The second-order valence-electron chi connectivity index (χ2n) is 9.39. The predicted molar refractivity (Wildman–Crippen MR) is 116 cm³/mol. The molecule has 1 aromatic carbocycles. The summed E-state index contributed by atoms with van der Waals surface area (Å²) in [7, 11) is 0. The Morgan fingerprint density at radius 1 is 1.34 bits per heavy atom. The molecule has 1 saturated heterocycles. The Labute approximate surface area is 177 Å². The maximum Gasteiger partial charge on any atom is 0.234 e. The van der Waals surface area contributed by atoms with Gasteiger partial charge in [0.1, 0.15) is 17.2 Å². The van der Waals surface area contributed by atoms with Crippen molar-refractivity contribution in [3.63, 3.8) is 0 Å². The van der Waals surface area contributed by atoms with Gasteiger partial charge in [0.25, 0.3) is 0 Å². The van der Waals surface area contributed by atoms with Gasteiger partial charge in [-0.2, -0.15) is 0 Å². The van der Waals surface area contributed by atoms with E-state index < -0.39 is 0 Å². The summed E-state index contributed by atoms with van der Waals surface area (Å²) in [5, 5.41) is 3.36. The summed E-state index contributed by atoms with van der Waals surface area (Å²) in [6.07, 6.45) is 3.17. The average Bonchev–Trinajstić information content (AvgIpc) is 2.93. The van der Waals surface area contributed by atoms with Crippen molar-refractivity contribution in [2.24, 2.45) is 11.3 Å². The largest absolute Gasteiger partial charge is 0.350 e. The van der Waals surface area contributed by atoms with E-state index in [9.17, 15) is 9.18 Å². The third kappa shape index (κ3) is 5.10. The second kappa shape index (κ2) is 8.23. The van der Waals surface area contributed by atoms with Crippen LogP contribution in [0.15, 0.2) is 12.1 Å². The van der Waals surface area contributed by atoms with Gasteiger partial charge in [0.15, 0.2) is 0 Å². The number of fused-ring (bicyclic) bond motifs is 1. The van der Waals surface area contributed by atoms with Crippen LogP contribution in [0.4, 0.5) is 4.39 Å². The Kier molecular flexibility index (Phi) is 6.25. The van der Waals surface area contributed by atoms with Crippen LogP contribution >= 0.6 is 11.6 Å². The number of aromatic nitrogens is 2. The van der Waals surface area contributed by atoms with E-state index >= 15 is 0 Å². The Hall–Kier alpha value is -1.66. The first-order chi connectivity index (χ1) is 13.6. The number of likely N-dealkylation sites (tertiary alicyclic amines) is 1. The quantitative estimate of drug-likeness (QED) is 0.759. The van der Waals surface area contributed by atoms with E-state index in [1.165, 1.54) is 12.1 Å². The molecule has 160 valence electrons. The molecular weight excluding hydrogens is 391 g/mol. The normalized spacial score (nSPS) is 18.7. The van der Waals surface area contributed by atoms with Gasteiger partial charge in [-0.05, 0) is 57.1 Å². The van der Waals surface area contributed by atoms with Crippen LogP contribution in [0.25, 0.3) is 11.0 Å². The lowest BCUT2D eigenvalue weighted by atomic mass is 9.57. The lowest BCUT2D eigenvalue weighted by Gasteiger charge is -2.59. The van der Waals surface area contributed by atoms with Crippen LogP contribution in [-0.2, 0) is 11.2 Å². The number of carbonyl (C=O) groups is 1. The highest BCUT2D eigenvalue weighted by Crippen LogP contribution is 2.52. The number of amides is 1. The van der Waals surface area contributed by atoms with Gasteiger partial charge in [-0.3, -0.25) is 9.69 Å². The molecule has 2 aromatic rings. The molecule has 1 aliphatic carbocycles. The highest BCUT2D eigenvalue weighted by atomic mass is 35.5. The zero-order valence-corrected chi connectivity index (χ0v) is 18.8. The molecule has 1 aromatic heterocycles. The van der Waals surface area contributed by atoms with Crippen LogP contribution in [-0.4, -0.2) is 45.9 Å². The minimum atomic E-state index is -0.352. The van der Waals surface area contributed by atoms with Gasteiger partial charge in [-0.15, -0.1) is 0 Å². The van der Waals surface area contributed by atoms with Gasteiger partial charge < -0.3 is 10.3 Å². The number of hydrogen-bond donors (Lipinski definition) is 2. The van der Waals surface area contributed by atoms with Crippen molar-refractivity contribution in [3.8, 4) is 0 Å². The summed E-state index contributed by atoms with van der Waals surface area (Å²) in [4.78, 5) is 22.0. The number of rotatable bonds is 4. The molecule has 2 heterocycles. The van der Waals surface area contributed by atoms with E-state index in [0.717, 1.165) is 38.2 Å². The molecule has 1 aliphatic heterocycles. The van der Waals surface area contributed by atoms with E-state index in [1.807, 2.05) is 34.6 Å². The van der Waals surface area contributed by atoms with Gasteiger partial charge in [-0.25, -0.2) is 9.37 Å². The van der Waals surface area contributed by atoms with Crippen LogP contribution in [0.1, 0.15) is 53.3 Å². The molecule has 2 fully saturated rings. The van der Waals surface area contributed by atoms with E-state index in [2.05, 4.69) is 20.2 Å². The number of carbonyl (C=O) groups excluding carboxylic acids is 1. The number of aromatic amines is 1. The number of nitrogens with zero attached hydrogens (tertiary/aromatic N) is 2. The highest BCUT2D eigenvalue weighted by molar-refractivity contribution is 6.34. The van der Waals surface area contributed by atoms with Crippen molar-refractivity contribution in [1.82, 2.24) is 20.2 Å². The molecular formula is C22H32ClFN4O. The number of hydrogen-bond acceptors (Lipinski definition) is 3. The second-order valence-corrected chi connectivity index (χ2v) is 9.80. The fourth-order valence-corrected chi connectivity index (χ4v) is 4.95. The smallest absolute Gasteiger partial charge is 0.234 e. The van der Waals surface area contributed by atoms with Crippen LogP contribution in [0.5, 0.6) is 0 Å². The Morgan fingerprint density at radius 3 is 2.62 bits per heavy atom. The molecule has 0 radical (unpaired) electrons. The fourth-order valence-electron chi connectivity index (χ4n) is 4.71. The predicted octanol–water partition coefficient (Wildman–Crippen LogP) is 4.55. The molecule has 29 heavy (non-hydrogen) atoms. The zero-order valence-electron chi connectivity index (χ0n) is 18.0. The van der Waals surface area contributed by atoms with Gasteiger partial charge in [0.2, 0.25) is 5.91 Å². The summed E-state index contributed by atoms with van der Waals surface area (Å²) in [6.45, 7) is 12.5. The Balaban J connectivity index is 0.00000117. The lowest BCUT2D eigenvalue weighted by molar-refractivity contribution is -0.133. The molecule has 4 rings (SSSR count). The zero-order chi connectivity index (χ0) is 21.4. The molecule has 1 amide bonds. The van der Waals surface area contributed by atoms with E-state index in [-0.39, 0.29) is 17.3 Å². The molecule has 1 spiro atoms. The summed E-state index contributed by atoms with van der Waals surface area (Å²) >= 11 is 6.07. The molecule has 1 saturated carbocycles. The lowest BCUT2D eigenvalue weighted by Crippen LogP contribution is -2.64. The molecule has 0 atom stereocenters. The molecule has 7 heteroatoms. The molecule has 5 nitrogen and oxygen atoms in total. The van der Waals surface area contributed by atoms with Crippen LogP contribution in [0.3, 0.4) is 0 Å². The molecule has 2 N–H and O–H groups in total. The Bertz CT molecular complexity index is 875. The first-order valence-electron chi connectivity index (χ1n) is 10.5. The Morgan fingerprint density at radius 2 is 2.00 bits per heavy atom. The first-order valence-corrected chi connectivity index (χ1v) is 10.9. The van der Waals surface area contributed by atoms with E-state index in [4.69, 9.17) is 11.6 Å². The van der Waals surface area contributed by atoms with Crippen molar-refractivity contribution in [3.05, 3.63) is 28.8 Å². The van der Waals surface area contributed by atoms with Crippen molar-refractivity contribution < 1.29 is 9.18 Å². The third-order valence-electron chi connectivity index (χ3n) is 5.48. The monoisotopic (exact) mass is 422 g/mol. The highest BCUT2D eigenvalue weighted by Gasteiger charge is 2.52. The average molecular weight is 423 g/mol. The number of benzene rings is 1. The van der Waals surface area contributed by atoms with E-state index in [0.29, 0.717) is 33.9 Å². The topological polar surface area (TPSA) is 61.0 Å². The first kappa shape index (κ1) is 22.0.